The number of nitrogens with zero attached hydrogens (tertiary/aromatic N) is 1. The molecule has 5 nitrogen and oxygen atoms in total. The van der Waals surface area contributed by atoms with Crippen LogP contribution in [0.4, 0.5) is 0 Å². The lowest BCUT2D eigenvalue weighted by molar-refractivity contribution is 0.0432. The average molecular weight is 398 g/mol. The third-order valence-corrected chi connectivity index (χ3v) is 5.10. The molecule has 7 heteroatoms. The summed E-state index contributed by atoms with van der Waals surface area (Å²) in [5.74, 6) is -0.856. The number of para-hydroxylation sites is 1. The Hall–Kier alpha value is -2.96. The molecule has 134 valence electrons. The van der Waals surface area contributed by atoms with Crippen molar-refractivity contribution in [3.8, 4) is 10.6 Å². The number of hydrogen-bond acceptors (Lipinski definition) is 6. The van der Waals surface area contributed by atoms with E-state index in [1.54, 1.807) is 35.7 Å². The molecule has 0 spiro atoms. The van der Waals surface area contributed by atoms with Crippen molar-refractivity contribution >= 4 is 39.9 Å². The highest BCUT2D eigenvalue weighted by atomic mass is 35.5. The molecule has 0 fully saturated rings. The Morgan fingerprint density at radius 1 is 1.15 bits per heavy atom. The monoisotopic (exact) mass is 397 g/mol. The van der Waals surface area contributed by atoms with Gasteiger partial charge in [-0.1, -0.05) is 41.9 Å². The molecule has 0 saturated heterocycles. The summed E-state index contributed by atoms with van der Waals surface area (Å²) < 4.78 is 10.7. The molecule has 27 heavy (non-hydrogen) atoms. The summed E-state index contributed by atoms with van der Waals surface area (Å²) in [7, 11) is 0. The normalized spacial score (nSPS) is 10.9. The minimum absolute atomic E-state index is 0.0314. The smallest absolute Gasteiger partial charge is 0.374 e. The molecule has 0 aliphatic carbocycles. The second-order valence-corrected chi connectivity index (χ2v) is 6.94. The summed E-state index contributed by atoms with van der Waals surface area (Å²) in [6, 6.07) is 15.3. The van der Waals surface area contributed by atoms with Crippen LogP contribution in [0.5, 0.6) is 0 Å². The van der Waals surface area contributed by atoms with Gasteiger partial charge in [0.2, 0.25) is 5.76 Å². The van der Waals surface area contributed by atoms with Crippen LogP contribution in [0.3, 0.4) is 0 Å². The molecule has 0 saturated carbocycles. The Kier molecular flexibility index (Phi) is 4.75. The highest BCUT2D eigenvalue weighted by molar-refractivity contribution is 7.13. The van der Waals surface area contributed by atoms with Crippen molar-refractivity contribution < 1.29 is 13.9 Å². The fourth-order valence-corrected chi connectivity index (χ4v) is 3.67. The first-order valence-corrected chi connectivity index (χ1v) is 9.27. The first-order valence-electron chi connectivity index (χ1n) is 8.01. The van der Waals surface area contributed by atoms with Gasteiger partial charge >= 0.3 is 5.97 Å². The molecule has 0 amide bonds. The Labute approximate surface area is 162 Å². The fourth-order valence-electron chi connectivity index (χ4n) is 2.55. The van der Waals surface area contributed by atoms with Gasteiger partial charge in [-0.05, 0) is 18.2 Å². The quantitative estimate of drug-likeness (QED) is 0.457. The van der Waals surface area contributed by atoms with E-state index in [1.807, 2.05) is 18.2 Å². The summed E-state index contributed by atoms with van der Waals surface area (Å²) >= 11 is 7.59. The van der Waals surface area contributed by atoms with Gasteiger partial charge in [-0.3, -0.25) is 4.79 Å². The summed E-state index contributed by atoms with van der Waals surface area (Å²) in [6.07, 6.45) is 0. The lowest BCUT2D eigenvalue weighted by Crippen LogP contribution is -2.10. The van der Waals surface area contributed by atoms with Gasteiger partial charge in [0.05, 0.1) is 16.1 Å². The van der Waals surface area contributed by atoms with E-state index < -0.39 is 5.97 Å². The molecule has 2 aromatic heterocycles. The number of carbonyl (C=O) groups is 1. The number of fused-ring (bicyclic) bond motifs is 1. The SMILES string of the molecule is O=C(OCc1csc(-c2ccccc2Cl)n1)c1cc(=O)c2ccccc2o1. The molecule has 0 bridgehead atoms. The molecular weight excluding hydrogens is 386 g/mol. The van der Waals surface area contributed by atoms with E-state index in [2.05, 4.69) is 4.98 Å². The van der Waals surface area contributed by atoms with Crippen LogP contribution < -0.4 is 5.43 Å². The Bertz CT molecular complexity index is 1200. The fraction of sp³-hybridized carbons (Fsp3) is 0.0500. The lowest BCUT2D eigenvalue weighted by atomic mass is 10.2. The van der Waals surface area contributed by atoms with E-state index in [0.717, 1.165) is 16.6 Å². The largest absolute Gasteiger partial charge is 0.453 e. The number of esters is 1. The van der Waals surface area contributed by atoms with E-state index >= 15 is 0 Å². The van der Waals surface area contributed by atoms with Crippen molar-refractivity contribution in [3.05, 3.63) is 86.7 Å². The second-order valence-electron chi connectivity index (χ2n) is 5.67. The van der Waals surface area contributed by atoms with Crippen LogP contribution in [0.2, 0.25) is 5.02 Å². The zero-order chi connectivity index (χ0) is 18.8. The minimum atomic E-state index is -0.717. The van der Waals surface area contributed by atoms with Crippen molar-refractivity contribution in [2.45, 2.75) is 6.61 Å². The van der Waals surface area contributed by atoms with Crippen LogP contribution in [0.15, 0.2) is 69.2 Å². The van der Waals surface area contributed by atoms with Crippen molar-refractivity contribution in [1.82, 2.24) is 4.98 Å². The predicted molar refractivity (Wildman–Crippen MR) is 104 cm³/mol. The van der Waals surface area contributed by atoms with Crippen LogP contribution >= 0.6 is 22.9 Å². The molecule has 0 atom stereocenters. The van der Waals surface area contributed by atoms with Crippen LogP contribution in [0.1, 0.15) is 16.2 Å². The van der Waals surface area contributed by atoms with Gasteiger partial charge < -0.3 is 9.15 Å². The Balaban J connectivity index is 1.50. The molecule has 0 aliphatic rings. The predicted octanol–water partition coefficient (Wildman–Crippen LogP) is 4.93. The van der Waals surface area contributed by atoms with Gasteiger partial charge in [0, 0.05) is 17.0 Å². The molecule has 2 heterocycles. The van der Waals surface area contributed by atoms with Crippen LogP contribution in [0.25, 0.3) is 21.5 Å². The van der Waals surface area contributed by atoms with Gasteiger partial charge in [-0.2, -0.15) is 0 Å². The van der Waals surface area contributed by atoms with Gasteiger partial charge in [-0.15, -0.1) is 11.3 Å². The number of thiazole rings is 1. The summed E-state index contributed by atoms with van der Waals surface area (Å²) in [6.45, 7) is -0.0314. The van der Waals surface area contributed by atoms with E-state index in [4.69, 9.17) is 20.8 Å². The van der Waals surface area contributed by atoms with Gasteiger partial charge in [0.25, 0.3) is 0 Å². The zero-order valence-corrected chi connectivity index (χ0v) is 15.4. The summed E-state index contributed by atoms with van der Waals surface area (Å²) in [5, 5.41) is 3.55. The minimum Gasteiger partial charge on any atom is -0.453 e. The Morgan fingerprint density at radius 2 is 1.93 bits per heavy atom. The van der Waals surface area contributed by atoms with Gasteiger partial charge in [0.15, 0.2) is 5.43 Å². The van der Waals surface area contributed by atoms with Gasteiger partial charge in [-0.25, -0.2) is 9.78 Å². The maximum atomic E-state index is 12.2. The molecule has 0 unspecified atom stereocenters. The average Bonchev–Trinajstić information content (AvgIpc) is 3.15. The van der Waals surface area contributed by atoms with E-state index in [9.17, 15) is 9.59 Å². The van der Waals surface area contributed by atoms with Gasteiger partial charge in [0.1, 0.15) is 17.2 Å². The van der Waals surface area contributed by atoms with E-state index in [-0.39, 0.29) is 17.8 Å². The first-order chi connectivity index (χ1) is 13.1. The van der Waals surface area contributed by atoms with Crippen molar-refractivity contribution in [3.63, 3.8) is 0 Å². The topological polar surface area (TPSA) is 69.4 Å². The maximum Gasteiger partial charge on any atom is 0.374 e. The molecule has 0 aliphatic heterocycles. The van der Waals surface area contributed by atoms with Crippen molar-refractivity contribution in [1.29, 1.82) is 0 Å². The van der Waals surface area contributed by atoms with Crippen molar-refractivity contribution in [2.75, 3.05) is 0 Å². The Morgan fingerprint density at radius 3 is 2.78 bits per heavy atom. The third-order valence-electron chi connectivity index (χ3n) is 3.84. The zero-order valence-electron chi connectivity index (χ0n) is 13.8. The maximum absolute atomic E-state index is 12.2. The van der Waals surface area contributed by atoms with Crippen LogP contribution in [0, 0.1) is 0 Å². The number of ether oxygens (including phenoxy) is 1. The summed E-state index contributed by atoms with van der Waals surface area (Å²) in [4.78, 5) is 28.8. The third kappa shape index (κ3) is 3.63. The highest BCUT2D eigenvalue weighted by Gasteiger charge is 2.15. The lowest BCUT2D eigenvalue weighted by Gasteiger charge is -2.03. The molecule has 4 aromatic rings. The number of hydrogen-bond donors (Lipinski definition) is 0. The van der Waals surface area contributed by atoms with E-state index in [1.165, 1.54) is 11.3 Å². The number of benzene rings is 2. The van der Waals surface area contributed by atoms with Crippen LogP contribution in [-0.4, -0.2) is 11.0 Å². The molecule has 2 aromatic carbocycles. The number of rotatable bonds is 4. The van der Waals surface area contributed by atoms with Crippen molar-refractivity contribution in [2.24, 2.45) is 0 Å². The number of aromatic nitrogens is 1. The number of halogens is 1. The number of carbonyl (C=O) groups excluding carboxylic acids is 1. The summed E-state index contributed by atoms with van der Waals surface area (Å²) in [5.41, 5.74) is 1.46. The molecule has 4 rings (SSSR count). The van der Waals surface area contributed by atoms with E-state index in [0.29, 0.717) is 21.7 Å². The first kappa shape index (κ1) is 17.5. The highest BCUT2D eigenvalue weighted by Crippen LogP contribution is 2.30. The van der Waals surface area contributed by atoms with Crippen LogP contribution in [-0.2, 0) is 11.3 Å². The molecular formula is C20H12ClNO4S. The second kappa shape index (κ2) is 7.34. The standard InChI is InChI=1S/C20H12ClNO4S/c21-15-7-3-1-5-13(15)19-22-12(11-27-19)10-25-20(24)18-9-16(23)14-6-2-4-8-17(14)26-18/h1-9,11H,10H2. The molecule has 0 radical (unpaired) electrons. The molecule has 0 N–H and O–H groups in total.